The standard InChI is InChI=1S/C19H25N3O2/c1-3-18(16-7-5-4-6-8-16)19(23)22-11-9-21(10-12-22)14-17-13-15(2)20-24-17/h4-8,13,18H,3,9-12,14H2,1-2H3. The number of hydrogen-bond acceptors (Lipinski definition) is 4. The molecule has 1 atom stereocenters. The molecule has 0 N–H and O–H groups in total. The van der Waals surface area contributed by atoms with E-state index in [1.54, 1.807) is 0 Å². The van der Waals surface area contributed by atoms with Crippen molar-refractivity contribution in [1.29, 1.82) is 0 Å². The van der Waals surface area contributed by atoms with Crippen LogP contribution in [0, 0.1) is 6.92 Å². The molecule has 24 heavy (non-hydrogen) atoms. The molecule has 0 aliphatic carbocycles. The maximum Gasteiger partial charge on any atom is 0.230 e. The van der Waals surface area contributed by atoms with Crippen LogP contribution < -0.4 is 0 Å². The van der Waals surface area contributed by atoms with E-state index in [9.17, 15) is 4.79 Å². The van der Waals surface area contributed by atoms with Crippen LogP contribution in [0.5, 0.6) is 0 Å². The highest BCUT2D eigenvalue weighted by atomic mass is 16.5. The molecule has 5 heteroatoms. The zero-order valence-electron chi connectivity index (χ0n) is 14.4. The van der Waals surface area contributed by atoms with Gasteiger partial charge in [0.15, 0.2) is 5.76 Å². The molecule has 2 heterocycles. The number of carbonyl (C=O) groups excluding carboxylic acids is 1. The normalized spacial score (nSPS) is 17.0. The lowest BCUT2D eigenvalue weighted by Crippen LogP contribution is -2.49. The first-order valence-electron chi connectivity index (χ1n) is 8.65. The highest BCUT2D eigenvalue weighted by molar-refractivity contribution is 5.83. The highest BCUT2D eigenvalue weighted by Crippen LogP contribution is 2.23. The summed E-state index contributed by atoms with van der Waals surface area (Å²) in [6, 6.07) is 12.1. The molecular formula is C19H25N3O2. The van der Waals surface area contributed by atoms with Gasteiger partial charge in [0.05, 0.1) is 18.2 Å². The van der Waals surface area contributed by atoms with Crippen LogP contribution >= 0.6 is 0 Å². The van der Waals surface area contributed by atoms with Gasteiger partial charge in [0.2, 0.25) is 5.91 Å². The summed E-state index contributed by atoms with van der Waals surface area (Å²) in [6.07, 6.45) is 0.834. The molecule has 1 aliphatic heterocycles. The Balaban J connectivity index is 1.56. The number of carbonyl (C=O) groups is 1. The first-order chi connectivity index (χ1) is 11.7. The van der Waals surface area contributed by atoms with Gasteiger partial charge in [-0.1, -0.05) is 42.4 Å². The number of aromatic nitrogens is 1. The maximum absolute atomic E-state index is 12.9. The molecule has 0 saturated carbocycles. The summed E-state index contributed by atoms with van der Waals surface area (Å²) in [5.41, 5.74) is 2.03. The number of aryl methyl sites for hydroxylation is 1. The molecule has 1 unspecified atom stereocenters. The topological polar surface area (TPSA) is 49.6 Å². The van der Waals surface area contributed by atoms with Gasteiger partial charge in [-0.25, -0.2) is 0 Å². The molecule has 1 fully saturated rings. The van der Waals surface area contributed by atoms with Gasteiger partial charge in [-0.15, -0.1) is 0 Å². The third-order valence-electron chi connectivity index (χ3n) is 4.65. The molecule has 3 rings (SSSR count). The van der Waals surface area contributed by atoms with Crippen molar-refractivity contribution in [2.75, 3.05) is 26.2 Å². The molecule has 0 bridgehead atoms. The van der Waals surface area contributed by atoms with Crippen molar-refractivity contribution < 1.29 is 9.32 Å². The Hall–Kier alpha value is -2.14. The van der Waals surface area contributed by atoms with Crippen LogP contribution in [0.1, 0.15) is 36.3 Å². The first kappa shape index (κ1) is 16.7. The molecule has 1 aromatic carbocycles. The van der Waals surface area contributed by atoms with Crippen LogP contribution in [0.15, 0.2) is 40.9 Å². The van der Waals surface area contributed by atoms with Gasteiger partial charge in [0, 0.05) is 32.2 Å². The minimum absolute atomic E-state index is 0.0327. The lowest BCUT2D eigenvalue weighted by Gasteiger charge is -2.36. The van der Waals surface area contributed by atoms with Gasteiger partial charge in [-0.2, -0.15) is 0 Å². The summed E-state index contributed by atoms with van der Waals surface area (Å²) in [6.45, 7) is 8.06. The van der Waals surface area contributed by atoms with Crippen LogP contribution in [-0.2, 0) is 11.3 Å². The monoisotopic (exact) mass is 327 g/mol. The summed E-state index contributed by atoms with van der Waals surface area (Å²) in [7, 11) is 0. The van der Waals surface area contributed by atoms with E-state index in [0.29, 0.717) is 0 Å². The summed E-state index contributed by atoms with van der Waals surface area (Å²) >= 11 is 0. The lowest BCUT2D eigenvalue weighted by atomic mass is 9.95. The van der Waals surface area contributed by atoms with Crippen LogP contribution in [0.2, 0.25) is 0 Å². The van der Waals surface area contributed by atoms with Crippen LogP contribution in [-0.4, -0.2) is 47.0 Å². The number of hydrogen-bond donors (Lipinski definition) is 0. The van der Waals surface area contributed by atoms with E-state index in [1.807, 2.05) is 36.1 Å². The predicted molar refractivity (Wildman–Crippen MR) is 92.6 cm³/mol. The van der Waals surface area contributed by atoms with Crippen molar-refractivity contribution in [2.45, 2.75) is 32.7 Å². The minimum atomic E-state index is -0.0327. The maximum atomic E-state index is 12.9. The van der Waals surface area contributed by atoms with Gasteiger partial charge in [0.25, 0.3) is 0 Å². The van der Waals surface area contributed by atoms with Crippen molar-refractivity contribution in [3.8, 4) is 0 Å². The van der Waals surface area contributed by atoms with Crippen molar-refractivity contribution in [3.63, 3.8) is 0 Å². The second-order valence-electron chi connectivity index (χ2n) is 6.41. The predicted octanol–water partition coefficient (Wildman–Crippen LogP) is 2.82. The SMILES string of the molecule is CCC(C(=O)N1CCN(Cc2cc(C)no2)CC1)c1ccccc1. The number of piperazine rings is 1. The van der Waals surface area contributed by atoms with E-state index in [1.165, 1.54) is 0 Å². The van der Waals surface area contributed by atoms with Gasteiger partial charge >= 0.3 is 0 Å². The van der Waals surface area contributed by atoms with Crippen molar-refractivity contribution in [2.24, 2.45) is 0 Å². The number of rotatable bonds is 5. The van der Waals surface area contributed by atoms with E-state index < -0.39 is 0 Å². The Bertz CT molecular complexity index is 660. The Labute approximate surface area is 143 Å². The largest absolute Gasteiger partial charge is 0.360 e. The molecule has 0 spiro atoms. The molecule has 5 nitrogen and oxygen atoms in total. The van der Waals surface area contributed by atoms with Crippen LogP contribution in [0.3, 0.4) is 0 Å². The molecule has 0 radical (unpaired) electrons. The molecule has 128 valence electrons. The van der Waals surface area contributed by atoms with Gasteiger partial charge < -0.3 is 9.42 Å². The highest BCUT2D eigenvalue weighted by Gasteiger charge is 2.27. The summed E-state index contributed by atoms with van der Waals surface area (Å²) in [4.78, 5) is 17.2. The average molecular weight is 327 g/mol. The Morgan fingerprint density at radius 2 is 1.92 bits per heavy atom. The van der Waals surface area contributed by atoms with Crippen molar-refractivity contribution >= 4 is 5.91 Å². The third-order valence-corrected chi connectivity index (χ3v) is 4.65. The fraction of sp³-hybridized carbons (Fsp3) is 0.474. The molecule has 1 saturated heterocycles. The fourth-order valence-electron chi connectivity index (χ4n) is 3.30. The van der Waals surface area contributed by atoms with Crippen molar-refractivity contribution in [3.05, 3.63) is 53.4 Å². The average Bonchev–Trinajstić information content (AvgIpc) is 3.02. The third kappa shape index (κ3) is 3.85. The second-order valence-corrected chi connectivity index (χ2v) is 6.41. The minimum Gasteiger partial charge on any atom is -0.360 e. The second kappa shape index (κ2) is 7.62. The summed E-state index contributed by atoms with van der Waals surface area (Å²) < 4.78 is 5.28. The van der Waals surface area contributed by atoms with E-state index in [4.69, 9.17) is 4.52 Å². The fourth-order valence-corrected chi connectivity index (χ4v) is 3.30. The molecule has 2 aromatic rings. The van der Waals surface area contributed by atoms with E-state index in [0.717, 1.165) is 56.2 Å². The number of amides is 1. The van der Waals surface area contributed by atoms with E-state index in [2.05, 4.69) is 29.1 Å². The van der Waals surface area contributed by atoms with Gasteiger partial charge in [0.1, 0.15) is 0 Å². The molecule has 1 amide bonds. The zero-order chi connectivity index (χ0) is 16.9. The summed E-state index contributed by atoms with van der Waals surface area (Å²) in [5.74, 6) is 1.11. The Morgan fingerprint density at radius 3 is 2.50 bits per heavy atom. The van der Waals surface area contributed by atoms with Gasteiger partial charge in [-0.05, 0) is 18.9 Å². The smallest absolute Gasteiger partial charge is 0.230 e. The lowest BCUT2D eigenvalue weighted by molar-refractivity contribution is -0.134. The Morgan fingerprint density at radius 1 is 1.21 bits per heavy atom. The summed E-state index contributed by atoms with van der Waals surface area (Å²) in [5, 5.41) is 3.93. The van der Waals surface area contributed by atoms with E-state index in [-0.39, 0.29) is 11.8 Å². The van der Waals surface area contributed by atoms with Crippen LogP contribution in [0.25, 0.3) is 0 Å². The van der Waals surface area contributed by atoms with Crippen molar-refractivity contribution in [1.82, 2.24) is 15.0 Å². The van der Waals surface area contributed by atoms with E-state index >= 15 is 0 Å². The van der Waals surface area contributed by atoms with Gasteiger partial charge in [-0.3, -0.25) is 9.69 Å². The Kier molecular flexibility index (Phi) is 5.30. The van der Waals surface area contributed by atoms with Crippen LogP contribution in [0.4, 0.5) is 0 Å². The number of benzene rings is 1. The quantitative estimate of drug-likeness (QED) is 0.847. The first-order valence-corrected chi connectivity index (χ1v) is 8.65. The zero-order valence-corrected chi connectivity index (χ0v) is 14.4. The molecular weight excluding hydrogens is 302 g/mol. The number of nitrogens with zero attached hydrogens (tertiary/aromatic N) is 3. The molecule has 1 aromatic heterocycles. The molecule has 1 aliphatic rings.